The van der Waals surface area contributed by atoms with Crippen molar-refractivity contribution in [3.8, 4) is 5.75 Å². The molecule has 1 atom stereocenters. The fraction of sp³-hybridized carbons (Fsp3) is 0.500. The second kappa shape index (κ2) is 9.97. The number of hydrogen-bond acceptors (Lipinski definition) is 6. The van der Waals surface area contributed by atoms with E-state index in [1.807, 2.05) is 24.3 Å². The van der Waals surface area contributed by atoms with Gasteiger partial charge in [0.05, 0.1) is 25.6 Å². The zero-order valence-corrected chi connectivity index (χ0v) is 19.2. The van der Waals surface area contributed by atoms with Gasteiger partial charge < -0.3 is 19.4 Å². The van der Waals surface area contributed by atoms with Gasteiger partial charge in [-0.1, -0.05) is 12.1 Å². The van der Waals surface area contributed by atoms with Gasteiger partial charge >= 0.3 is 5.97 Å². The minimum absolute atomic E-state index is 0.0491. The Morgan fingerprint density at radius 2 is 2.06 bits per heavy atom. The minimum atomic E-state index is -0.844. The van der Waals surface area contributed by atoms with Gasteiger partial charge in [-0.2, -0.15) is 0 Å². The average molecular weight is 442 g/mol. The highest BCUT2D eigenvalue weighted by atomic mass is 16.5. The van der Waals surface area contributed by atoms with Crippen molar-refractivity contribution >= 4 is 11.9 Å². The lowest BCUT2D eigenvalue weighted by atomic mass is 9.75. The number of carbonyl (C=O) groups excluding carboxylic acids is 2. The molecule has 2 aromatic rings. The molecule has 2 heterocycles. The van der Waals surface area contributed by atoms with Crippen molar-refractivity contribution in [3.05, 3.63) is 57.3 Å². The van der Waals surface area contributed by atoms with Gasteiger partial charge in [-0.3, -0.25) is 14.4 Å². The van der Waals surface area contributed by atoms with Gasteiger partial charge in [-0.25, -0.2) is 4.98 Å². The lowest BCUT2D eigenvalue weighted by molar-refractivity contribution is -0.160. The minimum Gasteiger partial charge on any atom is -0.497 e. The highest BCUT2D eigenvalue weighted by molar-refractivity contribution is 5.82. The summed E-state index contributed by atoms with van der Waals surface area (Å²) in [6, 6.07) is 7.60. The molecule has 1 fully saturated rings. The van der Waals surface area contributed by atoms with Crippen LogP contribution >= 0.6 is 0 Å². The predicted molar refractivity (Wildman–Crippen MR) is 120 cm³/mol. The van der Waals surface area contributed by atoms with Crippen LogP contribution < -0.4 is 10.3 Å². The number of rotatable bonds is 7. The zero-order chi connectivity index (χ0) is 23.3. The van der Waals surface area contributed by atoms with E-state index in [0.29, 0.717) is 48.6 Å². The van der Waals surface area contributed by atoms with Crippen LogP contribution in [0.5, 0.6) is 5.75 Å². The number of aromatic amines is 1. The SMILES string of the molecule is CCOC(=O)C1(Cc2cccc(OC)c2)CCCN(C(=O)Cc2c(C)nc(C)[nH]c2=O)C1. The number of aryl methyl sites for hydroxylation is 2. The first-order chi connectivity index (χ1) is 15.3. The van der Waals surface area contributed by atoms with E-state index in [0.717, 1.165) is 5.56 Å². The summed E-state index contributed by atoms with van der Waals surface area (Å²) in [5.74, 6) is 0.739. The Morgan fingerprint density at radius 1 is 1.28 bits per heavy atom. The lowest BCUT2D eigenvalue weighted by Crippen LogP contribution is -2.52. The summed E-state index contributed by atoms with van der Waals surface area (Å²) < 4.78 is 10.8. The second-order valence-electron chi connectivity index (χ2n) is 8.34. The second-order valence-corrected chi connectivity index (χ2v) is 8.34. The maximum absolute atomic E-state index is 13.2. The van der Waals surface area contributed by atoms with Crippen LogP contribution in [0.2, 0.25) is 0 Å². The maximum Gasteiger partial charge on any atom is 0.314 e. The van der Waals surface area contributed by atoms with Crippen molar-refractivity contribution in [2.45, 2.75) is 46.5 Å². The van der Waals surface area contributed by atoms with Crippen LogP contribution in [0.15, 0.2) is 29.1 Å². The summed E-state index contributed by atoms with van der Waals surface area (Å²) in [5.41, 5.74) is 0.712. The van der Waals surface area contributed by atoms with Crippen molar-refractivity contribution in [2.24, 2.45) is 5.41 Å². The molecule has 8 heteroatoms. The number of ether oxygens (including phenoxy) is 2. The summed E-state index contributed by atoms with van der Waals surface area (Å²) >= 11 is 0. The summed E-state index contributed by atoms with van der Waals surface area (Å²) in [5, 5.41) is 0. The molecule has 0 radical (unpaired) electrons. The van der Waals surface area contributed by atoms with Gasteiger partial charge in [0.2, 0.25) is 5.91 Å². The fourth-order valence-corrected chi connectivity index (χ4v) is 4.41. The van der Waals surface area contributed by atoms with Crippen LogP contribution in [0.3, 0.4) is 0 Å². The van der Waals surface area contributed by atoms with Gasteiger partial charge in [-0.05, 0) is 57.7 Å². The van der Waals surface area contributed by atoms with E-state index < -0.39 is 5.41 Å². The quantitative estimate of drug-likeness (QED) is 0.662. The number of methoxy groups -OCH3 is 1. The molecule has 0 aliphatic carbocycles. The van der Waals surface area contributed by atoms with E-state index in [-0.39, 0.29) is 37.0 Å². The Labute approximate surface area is 188 Å². The van der Waals surface area contributed by atoms with E-state index in [9.17, 15) is 14.4 Å². The molecule has 1 N–H and O–H groups in total. The summed E-state index contributed by atoms with van der Waals surface area (Å²) in [4.78, 5) is 47.2. The highest BCUT2D eigenvalue weighted by Crippen LogP contribution is 2.36. The number of H-pyrrole nitrogens is 1. The van der Waals surface area contributed by atoms with Crippen molar-refractivity contribution in [1.82, 2.24) is 14.9 Å². The van der Waals surface area contributed by atoms with Crippen LogP contribution in [0, 0.1) is 19.3 Å². The van der Waals surface area contributed by atoms with E-state index >= 15 is 0 Å². The van der Waals surface area contributed by atoms with E-state index in [1.54, 1.807) is 32.8 Å². The largest absolute Gasteiger partial charge is 0.497 e. The van der Waals surface area contributed by atoms with Gasteiger partial charge in [0.1, 0.15) is 11.6 Å². The number of likely N-dealkylation sites (tertiary alicyclic amines) is 1. The molecule has 1 aliphatic rings. The molecule has 1 aromatic carbocycles. The molecule has 172 valence electrons. The topological polar surface area (TPSA) is 102 Å². The molecule has 32 heavy (non-hydrogen) atoms. The summed E-state index contributed by atoms with van der Waals surface area (Å²) in [7, 11) is 1.60. The molecule has 1 amide bonds. The summed E-state index contributed by atoms with van der Waals surface area (Å²) in [6.07, 6.45) is 1.69. The van der Waals surface area contributed by atoms with Crippen molar-refractivity contribution in [1.29, 1.82) is 0 Å². The standard InChI is InChI=1S/C24H31N3O5/c1-5-32-23(30)24(14-18-8-6-9-19(12-18)31-4)10-7-11-27(15-24)21(28)13-20-16(2)25-17(3)26-22(20)29/h6,8-9,12H,5,7,10-11,13-15H2,1-4H3,(H,25,26,29). The van der Waals surface area contributed by atoms with Crippen LogP contribution in [-0.2, 0) is 27.2 Å². The number of aromatic nitrogens is 2. The van der Waals surface area contributed by atoms with Crippen molar-refractivity contribution in [2.75, 3.05) is 26.8 Å². The number of piperidine rings is 1. The number of nitrogens with zero attached hydrogens (tertiary/aromatic N) is 2. The Kier molecular flexibility index (Phi) is 7.33. The number of carbonyl (C=O) groups is 2. The third-order valence-corrected chi connectivity index (χ3v) is 5.98. The number of nitrogens with one attached hydrogen (secondary N) is 1. The maximum atomic E-state index is 13.2. The third-order valence-electron chi connectivity index (χ3n) is 5.98. The van der Waals surface area contributed by atoms with Crippen molar-refractivity contribution < 1.29 is 19.1 Å². The molecule has 0 spiro atoms. The van der Waals surface area contributed by atoms with Crippen molar-refractivity contribution in [3.63, 3.8) is 0 Å². The summed E-state index contributed by atoms with van der Waals surface area (Å²) in [6.45, 7) is 6.27. The Balaban J connectivity index is 1.85. The number of amides is 1. The first-order valence-corrected chi connectivity index (χ1v) is 10.9. The first-order valence-electron chi connectivity index (χ1n) is 10.9. The molecule has 8 nitrogen and oxygen atoms in total. The first kappa shape index (κ1) is 23.5. The number of esters is 1. The molecule has 1 unspecified atom stereocenters. The highest BCUT2D eigenvalue weighted by Gasteiger charge is 2.44. The zero-order valence-electron chi connectivity index (χ0n) is 19.2. The molecule has 1 saturated heterocycles. The molecule has 3 rings (SSSR count). The molecule has 0 saturated carbocycles. The Hall–Kier alpha value is -3.16. The molecular formula is C24H31N3O5. The molecule has 1 aromatic heterocycles. The van der Waals surface area contributed by atoms with Crippen LogP contribution in [0.1, 0.15) is 42.4 Å². The van der Waals surface area contributed by atoms with Gasteiger partial charge in [0.25, 0.3) is 5.56 Å². The normalized spacial score (nSPS) is 18.3. The Bertz CT molecular complexity index is 1050. The fourth-order valence-electron chi connectivity index (χ4n) is 4.41. The Morgan fingerprint density at radius 3 is 2.75 bits per heavy atom. The lowest BCUT2D eigenvalue weighted by Gasteiger charge is -2.41. The predicted octanol–water partition coefficient (Wildman–Crippen LogP) is 2.35. The van der Waals surface area contributed by atoms with Crippen LogP contribution in [0.25, 0.3) is 0 Å². The average Bonchev–Trinajstić information content (AvgIpc) is 2.76. The molecule has 1 aliphatic heterocycles. The van der Waals surface area contributed by atoms with E-state index in [1.165, 1.54) is 0 Å². The number of benzene rings is 1. The molecular weight excluding hydrogens is 410 g/mol. The smallest absolute Gasteiger partial charge is 0.314 e. The van der Waals surface area contributed by atoms with Gasteiger partial charge in [0, 0.05) is 24.3 Å². The van der Waals surface area contributed by atoms with Gasteiger partial charge in [0.15, 0.2) is 0 Å². The molecule has 0 bridgehead atoms. The monoisotopic (exact) mass is 441 g/mol. The third kappa shape index (κ3) is 5.18. The van der Waals surface area contributed by atoms with E-state index in [2.05, 4.69) is 9.97 Å². The van der Waals surface area contributed by atoms with Crippen LogP contribution in [-0.4, -0.2) is 53.6 Å². The van der Waals surface area contributed by atoms with E-state index in [4.69, 9.17) is 9.47 Å². The number of hydrogen-bond donors (Lipinski definition) is 1. The van der Waals surface area contributed by atoms with Crippen LogP contribution in [0.4, 0.5) is 0 Å². The van der Waals surface area contributed by atoms with Gasteiger partial charge in [-0.15, -0.1) is 0 Å².